The Kier molecular flexibility index (Phi) is 3.51. The first kappa shape index (κ1) is 9.79. The van der Waals surface area contributed by atoms with E-state index in [4.69, 9.17) is 10.5 Å². The van der Waals surface area contributed by atoms with Crippen molar-refractivity contribution in [3.05, 3.63) is 0 Å². The van der Waals surface area contributed by atoms with Crippen LogP contribution in [0.15, 0.2) is 0 Å². The first-order valence-corrected chi connectivity index (χ1v) is 4.12. The molecule has 74 valence electrons. The van der Waals surface area contributed by atoms with Gasteiger partial charge in [0.25, 0.3) is 0 Å². The fourth-order valence-electron chi connectivity index (χ4n) is 0.988. The zero-order valence-electron chi connectivity index (χ0n) is 7.95. The van der Waals surface area contributed by atoms with Crippen molar-refractivity contribution in [3.63, 3.8) is 0 Å². The predicted molar refractivity (Wildman–Crippen MR) is 50.6 cm³/mol. The molecule has 0 aliphatic carbocycles. The van der Waals surface area contributed by atoms with Gasteiger partial charge >= 0.3 is 0 Å². The Morgan fingerprint density at radius 3 is 2.92 bits per heavy atom. The fraction of sp³-hybridized carbons (Fsp3) is 0.714. The van der Waals surface area contributed by atoms with Crippen LogP contribution in [0.2, 0.25) is 0 Å². The summed E-state index contributed by atoms with van der Waals surface area (Å²) in [5.74, 6) is 0.960. The Morgan fingerprint density at radius 1 is 1.62 bits per heavy atom. The van der Waals surface area contributed by atoms with Gasteiger partial charge in [0.05, 0.1) is 0 Å². The van der Waals surface area contributed by atoms with E-state index in [0.717, 1.165) is 19.6 Å². The third-order valence-corrected chi connectivity index (χ3v) is 1.69. The smallest absolute Gasteiger partial charge is 0.241 e. The molecule has 0 aliphatic heterocycles. The number of nitrogen functional groups attached to an aromatic ring is 1. The lowest BCUT2D eigenvalue weighted by Gasteiger charge is -2.14. The molecule has 0 bridgehead atoms. The molecule has 0 aliphatic rings. The zero-order valence-corrected chi connectivity index (χ0v) is 7.95. The van der Waals surface area contributed by atoms with Crippen LogP contribution in [0.1, 0.15) is 6.42 Å². The first-order chi connectivity index (χ1) is 6.24. The predicted octanol–water partition coefficient (Wildman–Crippen LogP) is -0.140. The third-order valence-electron chi connectivity index (χ3n) is 1.69. The summed E-state index contributed by atoms with van der Waals surface area (Å²) in [6.07, 6.45) is 0.952. The maximum absolute atomic E-state index is 5.37. The average molecular weight is 185 g/mol. The number of ether oxygens (including phenoxy) is 1. The SMILES string of the molecule is COCCCN(C)c1nc(N)n[nH]1. The van der Waals surface area contributed by atoms with Gasteiger partial charge in [0, 0.05) is 27.3 Å². The van der Waals surface area contributed by atoms with Crippen LogP contribution in [0.3, 0.4) is 0 Å². The minimum atomic E-state index is 0.272. The van der Waals surface area contributed by atoms with E-state index in [1.165, 1.54) is 0 Å². The number of nitrogens with two attached hydrogens (primary N) is 1. The summed E-state index contributed by atoms with van der Waals surface area (Å²) in [7, 11) is 3.61. The lowest BCUT2D eigenvalue weighted by molar-refractivity contribution is 0.196. The van der Waals surface area contributed by atoms with Crippen molar-refractivity contribution in [2.24, 2.45) is 0 Å². The summed E-state index contributed by atoms with van der Waals surface area (Å²) < 4.78 is 4.94. The molecule has 0 atom stereocenters. The van der Waals surface area contributed by atoms with Gasteiger partial charge in [0.2, 0.25) is 11.9 Å². The summed E-state index contributed by atoms with van der Waals surface area (Å²) in [4.78, 5) is 5.93. The van der Waals surface area contributed by atoms with Crippen LogP contribution in [0, 0.1) is 0 Å². The summed E-state index contributed by atoms with van der Waals surface area (Å²) in [6, 6.07) is 0. The molecule has 1 aromatic heterocycles. The molecule has 6 heteroatoms. The van der Waals surface area contributed by atoms with Gasteiger partial charge in [-0.2, -0.15) is 4.98 Å². The Bertz CT molecular complexity index is 249. The molecule has 0 saturated carbocycles. The Hall–Kier alpha value is -1.30. The third kappa shape index (κ3) is 2.90. The van der Waals surface area contributed by atoms with Gasteiger partial charge in [-0.3, -0.25) is 0 Å². The summed E-state index contributed by atoms with van der Waals surface area (Å²) in [6.45, 7) is 1.61. The van der Waals surface area contributed by atoms with Crippen molar-refractivity contribution in [1.29, 1.82) is 0 Å². The molecule has 6 nitrogen and oxygen atoms in total. The molecule has 3 N–H and O–H groups in total. The van der Waals surface area contributed by atoms with Crippen LogP contribution in [0.5, 0.6) is 0 Å². The highest BCUT2D eigenvalue weighted by Gasteiger charge is 2.04. The first-order valence-electron chi connectivity index (χ1n) is 4.12. The molecule has 0 fully saturated rings. The van der Waals surface area contributed by atoms with Crippen LogP contribution < -0.4 is 10.6 Å². The molecule has 0 amide bonds. The van der Waals surface area contributed by atoms with E-state index in [1.54, 1.807) is 7.11 Å². The monoisotopic (exact) mass is 185 g/mol. The number of anilines is 2. The maximum Gasteiger partial charge on any atom is 0.241 e. The minimum Gasteiger partial charge on any atom is -0.385 e. The second kappa shape index (κ2) is 4.66. The number of hydrogen-bond acceptors (Lipinski definition) is 5. The van der Waals surface area contributed by atoms with Crippen LogP contribution >= 0.6 is 0 Å². The van der Waals surface area contributed by atoms with Crippen LogP contribution in [-0.2, 0) is 4.74 Å². The summed E-state index contributed by atoms with van der Waals surface area (Å²) in [5.41, 5.74) is 5.37. The number of nitrogens with zero attached hydrogens (tertiary/aromatic N) is 3. The summed E-state index contributed by atoms with van der Waals surface area (Å²) >= 11 is 0. The highest BCUT2D eigenvalue weighted by atomic mass is 16.5. The van der Waals surface area contributed by atoms with E-state index in [2.05, 4.69) is 15.2 Å². The topological polar surface area (TPSA) is 80.1 Å². The Morgan fingerprint density at radius 2 is 2.38 bits per heavy atom. The Balaban J connectivity index is 2.35. The molecule has 13 heavy (non-hydrogen) atoms. The van der Waals surface area contributed by atoms with Gasteiger partial charge in [-0.05, 0) is 6.42 Å². The van der Waals surface area contributed by atoms with Crippen LogP contribution in [0.4, 0.5) is 11.9 Å². The van der Waals surface area contributed by atoms with Gasteiger partial charge in [0.1, 0.15) is 0 Å². The van der Waals surface area contributed by atoms with E-state index in [1.807, 2.05) is 11.9 Å². The number of hydrogen-bond donors (Lipinski definition) is 2. The number of aromatic amines is 1. The lowest BCUT2D eigenvalue weighted by atomic mass is 10.4. The molecule has 1 heterocycles. The van der Waals surface area contributed by atoms with E-state index >= 15 is 0 Å². The van der Waals surface area contributed by atoms with Gasteiger partial charge in [-0.1, -0.05) is 0 Å². The number of methoxy groups -OCH3 is 1. The van der Waals surface area contributed by atoms with Gasteiger partial charge in [0.15, 0.2) is 0 Å². The number of rotatable bonds is 5. The normalized spacial score (nSPS) is 10.3. The molecule has 1 aromatic rings. The van der Waals surface area contributed by atoms with Crippen LogP contribution in [0.25, 0.3) is 0 Å². The van der Waals surface area contributed by atoms with Crippen molar-refractivity contribution >= 4 is 11.9 Å². The highest BCUT2D eigenvalue weighted by Crippen LogP contribution is 2.05. The summed E-state index contributed by atoms with van der Waals surface area (Å²) in [5, 5.41) is 6.47. The number of aromatic nitrogens is 3. The molecule has 0 aromatic carbocycles. The molecule has 1 rings (SSSR count). The van der Waals surface area contributed by atoms with Gasteiger partial charge < -0.3 is 15.4 Å². The molecule has 0 radical (unpaired) electrons. The largest absolute Gasteiger partial charge is 0.385 e. The van der Waals surface area contributed by atoms with Gasteiger partial charge in [-0.25, -0.2) is 5.10 Å². The van der Waals surface area contributed by atoms with E-state index < -0.39 is 0 Å². The lowest BCUT2D eigenvalue weighted by Crippen LogP contribution is -2.20. The number of H-pyrrole nitrogens is 1. The fourth-order valence-corrected chi connectivity index (χ4v) is 0.988. The van der Waals surface area contributed by atoms with Crippen molar-refractivity contribution in [2.45, 2.75) is 6.42 Å². The standard InChI is InChI=1S/C7H15N5O/c1-12(4-3-5-13-2)7-9-6(8)10-11-7/h3-5H2,1-2H3,(H3,8,9,10,11). The zero-order chi connectivity index (χ0) is 9.68. The molecular formula is C7H15N5O. The second-order valence-electron chi connectivity index (χ2n) is 2.79. The van der Waals surface area contributed by atoms with E-state index in [0.29, 0.717) is 5.95 Å². The maximum atomic E-state index is 5.37. The quantitative estimate of drug-likeness (QED) is 0.624. The van der Waals surface area contributed by atoms with E-state index in [-0.39, 0.29) is 5.95 Å². The molecule has 0 unspecified atom stereocenters. The van der Waals surface area contributed by atoms with Gasteiger partial charge in [-0.15, -0.1) is 5.10 Å². The van der Waals surface area contributed by atoms with Crippen LogP contribution in [-0.4, -0.2) is 42.5 Å². The molecule has 0 spiro atoms. The highest BCUT2D eigenvalue weighted by molar-refractivity contribution is 5.32. The molecule has 0 saturated heterocycles. The minimum absolute atomic E-state index is 0.272. The van der Waals surface area contributed by atoms with Crippen molar-refractivity contribution in [1.82, 2.24) is 15.2 Å². The van der Waals surface area contributed by atoms with Crippen molar-refractivity contribution in [2.75, 3.05) is 37.9 Å². The second-order valence-corrected chi connectivity index (χ2v) is 2.79. The Labute approximate surface area is 77.1 Å². The van der Waals surface area contributed by atoms with Crippen molar-refractivity contribution < 1.29 is 4.74 Å². The molecular weight excluding hydrogens is 170 g/mol. The number of nitrogens with one attached hydrogen (secondary N) is 1. The van der Waals surface area contributed by atoms with Crippen molar-refractivity contribution in [3.8, 4) is 0 Å². The van der Waals surface area contributed by atoms with E-state index in [9.17, 15) is 0 Å². The average Bonchev–Trinajstić information content (AvgIpc) is 2.52.